The minimum atomic E-state index is -0.434. The maximum absolute atomic E-state index is 10.6. The molecule has 0 saturated carbocycles. The van der Waals surface area contributed by atoms with E-state index >= 15 is 0 Å². The van der Waals surface area contributed by atoms with Crippen LogP contribution in [-0.4, -0.2) is 29.8 Å². The van der Waals surface area contributed by atoms with Crippen molar-refractivity contribution in [2.24, 2.45) is 0 Å². The highest BCUT2D eigenvalue weighted by Crippen LogP contribution is 2.19. The lowest BCUT2D eigenvalue weighted by Gasteiger charge is -2.01. The third-order valence-corrected chi connectivity index (χ3v) is 4.54. The monoisotopic (exact) mass is 406 g/mol. The van der Waals surface area contributed by atoms with Crippen molar-refractivity contribution in [3.05, 3.63) is 79.4 Å². The predicted molar refractivity (Wildman–Crippen MR) is 111 cm³/mol. The Hall–Kier alpha value is -4.08. The molecule has 0 atom stereocenters. The molecule has 0 bridgehead atoms. The summed E-state index contributed by atoms with van der Waals surface area (Å²) in [5.41, 5.74) is 5.85. The Balaban J connectivity index is 0.000000171. The normalized spacial score (nSPS) is 10.5. The van der Waals surface area contributed by atoms with Gasteiger partial charge >= 0.3 is 0 Å². The molecular formula is C20H18N6O4. The van der Waals surface area contributed by atoms with Crippen molar-refractivity contribution in [1.82, 2.24) is 19.9 Å². The lowest BCUT2D eigenvalue weighted by atomic mass is 10.2. The SMILES string of the molecule is Cc1nc2ccc([N+](=O)[O-])cc2nc1C.Cc1nc2ccc([N+](=O)[O-])cc2nc1C. The Kier molecular flexibility index (Phi) is 5.58. The van der Waals surface area contributed by atoms with Crippen molar-refractivity contribution in [2.75, 3.05) is 0 Å². The summed E-state index contributed by atoms with van der Waals surface area (Å²) in [4.78, 5) is 37.3. The van der Waals surface area contributed by atoms with E-state index in [1.807, 2.05) is 27.7 Å². The molecule has 0 aliphatic carbocycles. The molecule has 4 aromatic rings. The van der Waals surface area contributed by atoms with E-state index < -0.39 is 9.85 Å². The largest absolute Gasteiger partial charge is 0.271 e. The number of hydrogen-bond acceptors (Lipinski definition) is 8. The summed E-state index contributed by atoms with van der Waals surface area (Å²) >= 11 is 0. The highest BCUT2D eigenvalue weighted by molar-refractivity contribution is 5.78. The minimum absolute atomic E-state index is 0.0417. The predicted octanol–water partition coefficient (Wildman–Crippen LogP) is 4.31. The number of hydrogen-bond donors (Lipinski definition) is 0. The Morgan fingerprint density at radius 1 is 0.567 bits per heavy atom. The number of aromatic nitrogens is 4. The number of benzene rings is 2. The second-order valence-corrected chi connectivity index (χ2v) is 6.65. The van der Waals surface area contributed by atoms with Gasteiger partial charge in [0, 0.05) is 24.3 Å². The molecule has 152 valence electrons. The molecule has 0 saturated heterocycles. The summed E-state index contributed by atoms with van der Waals surface area (Å²) in [6.45, 7) is 7.40. The number of non-ortho nitro benzene ring substituents is 2. The molecule has 10 nitrogen and oxygen atoms in total. The highest BCUT2D eigenvalue weighted by atomic mass is 16.6. The van der Waals surface area contributed by atoms with Crippen molar-refractivity contribution in [2.45, 2.75) is 27.7 Å². The van der Waals surface area contributed by atoms with Gasteiger partial charge < -0.3 is 0 Å². The smallest absolute Gasteiger partial charge is 0.258 e. The molecule has 30 heavy (non-hydrogen) atoms. The zero-order valence-electron chi connectivity index (χ0n) is 16.8. The Labute approximate surface area is 171 Å². The summed E-state index contributed by atoms with van der Waals surface area (Å²) in [6, 6.07) is 8.99. The van der Waals surface area contributed by atoms with Crippen LogP contribution in [0.1, 0.15) is 22.8 Å². The van der Waals surface area contributed by atoms with E-state index in [9.17, 15) is 20.2 Å². The van der Waals surface area contributed by atoms with Gasteiger partial charge in [-0.15, -0.1) is 0 Å². The molecule has 0 unspecified atom stereocenters. The van der Waals surface area contributed by atoms with Gasteiger partial charge in [0.05, 0.1) is 54.7 Å². The molecule has 10 heteroatoms. The first-order valence-electron chi connectivity index (χ1n) is 8.94. The van der Waals surface area contributed by atoms with Crippen molar-refractivity contribution >= 4 is 33.4 Å². The Morgan fingerprint density at radius 3 is 1.17 bits per heavy atom. The van der Waals surface area contributed by atoms with Crippen LogP contribution in [-0.2, 0) is 0 Å². The molecule has 0 amide bonds. The third-order valence-electron chi connectivity index (χ3n) is 4.54. The van der Waals surface area contributed by atoms with Gasteiger partial charge in [-0.2, -0.15) is 0 Å². The van der Waals surface area contributed by atoms with Crippen LogP contribution < -0.4 is 0 Å². The van der Waals surface area contributed by atoms with Crippen LogP contribution in [0.4, 0.5) is 11.4 Å². The number of aryl methyl sites for hydroxylation is 4. The molecule has 0 aliphatic heterocycles. The van der Waals surface area contributed by atoms with E-state index in [1.54, 1.807) is 12.1 Å². The molecule has 0 aliphatic rings. The maximum atomic E-state index is 10.6. The minimum Gasteiger partial charge on any atom is -0.258 e. The standard InChI is InChI=1S/2C10H9N3O2/c2*1-6-7(2)12-10-5-8(13(14)15)3-4-9(10)11-6/h2*3-5H,1-2H3. The second-order valence-electron chi connectivity index (χ2n) is 6.65. The lowest BCUT2D eigenvalue weighted by Crippen LogP contribution is -1.94. The Bertz CT molecular complexity index is 1200. The molecule has 0 N–H and O–H groups in total. The molecule has 0 fully saturated rings. The van der Waals surface area contributed by atoms with E-state index in [2.05, 4.69) is 19.9 Å². The first-order valence-corrected chi connectivity index (χ1v) is 8.94. The fourth-order valence-electron chi connectivity index (χ4n) is 2.67. The van der Waals surface area contributed by atoms with Crippen molar-refractivity contribution < 1.29 is 9.85 Å². The summed E-state index contributed by atoms with van der Waals surface area (Å²) in [6.07, 6.45) is 0. The van der Waals surface area contributed by atoms with Gasteiger partial charge in [-0.3, -0.25) is 20.2 Å². The topological polar surface area (TPSA) is 138 Å². The number of fused-ring (bicyclic) bond motifs is 2. The molecule has 2 aromatic heterocycles. The van der Waals surface area contributed by atoms with Gasteiger partial charge in [0.2, 0.25) is 0 Å². The average Bonchev–Trinajstić information content (AvgIpc) is 2.69. The quantitative estimate of drug-likeness (QED) is 0.354. The molecule has 2 aromatic carbocycles. The summed E-state index contributed by atoms with van der Waals surface area (Å²) in [5.74, 6) is 0. The molecule has 4 rings (SSSR count). The van der Waals surface area contributed by atoms with Crippen LogP contribution in [0.3, 0.4) is 0 Å². The zero-order valence-corrected chi connectivity index (χ0v) is 16.8. The van der Waals surface area contributed by atoms with Gasteiger partial charge in [0.15, 0.2) is 0 Å². The lowest BCUT2D eigenvalue weighted by molar-refractivity contribution is -0.384. The summed E-state index contributed by atoms with van der Waals surface area (Å²) in [7, 11) is 0. The molecule has 2 heterocycles. The highest BCUT2D eigenvalue weighted by Gasteiger charge is 2.09. The van der Waals surface area contributed by atoms with Gasteiger partial charge in [-0.1, -0.05) is 0 Å². The van der Waals surface area contributed by atoms with Crippen LogP contribution in [0.2, 0.25) is 0 Å². The van der Waals surface area contributed by atoms with Gasteiger partial charge in [-0.25, -0.2) is 19.9 Å². The third kappa shape index (κ3) is 4.32. The van der Waals surface area contributed by atoms with Crippen LogP contribution in [0.15, 0.2) is 36.4 Å². The summed E-state index contributed by atoms with van der Waals surface area (Å²) < 4.78 is 0. The Morgan fingerprint density at radius 2 is 0.867 bits per heavy atom. The zero-order chi connectivity index (χ0) is 22.0. The van der Waals surface area contributed by atoms with Crippen LogP contribution >= 0.6 is 0 Å². The van der Waals surface area contributed by atoms with Gasteiger partial charge in [0.1, 0.15) is 0 Å². The molecule has 0 radical (unpaired) electrons. The number of nitrogens with zero attached hydrogens (tertiary/aromatic N) is 6. The fourth-order valence-corrected chi connectivity index (χ4v) is 2.67. The second kappa shape index (κ2) is 8.11. The van der Waals surface area contributed by atoms with Crippen molar-refractivity contribution in [3.8, 4) is 0 Å². The number of nitro benzene ring substituents is 2. The van der Waals surface area contributed by atoms with E-state index in [4.69, 9.17) is 0 Å². The van der Waals surface area contributed by atoms with E-state index in [0.717, 1.165) is 22.8 Å². The molecular weight excluding hydrogens is 388 g/mol. The maximum Gasteiger partial charge on any atom is 0.271 e. The first kappa shape index (κ1) is 20.6. The van der Waals surface area contributed by atoms with Gasteiger partial charge in [0.25, 0.3) is 11.4 Å². The number of nitro groups is 2. The molecule has 0 spiro atoms. The van der Waals surface area contributed by atoms with E-state index in [-0.39, 0.29) is 11.4 Å². The van der Waals surface area contributed by atoms with Gasteiger partial charge in [-0.05, 0) is 39.8 Å². The van der Waals surface area contributed by atoms with Crippen LogP contribution in [0, 0.1) is 47.9 Å². The van der Waals surface area contributed by atoms with Crippen LogP contribution in [0.25, 0.3) is 22.1 Å². The van der Waals surface area contributed by atoms with Crippen LogP contribution in [0.5, 0.6) is 0 Å². The summed E-state index contributed by atoms with van der Waals surface area (Å²) in [5, 5.41) is 21.1. The number of rotatable bonds is 2. The van der Waals surface area contributed by atoms with Crippen molar-refractivity contribution in [3.63, 3.8) is 0 Å². The van der Waals surface area contributed by atoms with Crippen molar-refractivity contribution in [1.29, 1.82) is 0 Å². The average molecular weight is 406 g/mol. The van der Waals surface area contributed by atoms with E-state index in [0.29, 0.717) is 22.1 Å². The fraction of sp³-hybridized carbons (Fsp3) is 0.200. The first-order chi connectivity index (χ1) is 14.2. The van der Waals surface area contributed by atoms with E-state index in [1.165, 1.54) is 24.3 Å².